The molecule has 0 amide bonds. The number of hydrogen-bond acceptors (Lipinski definition) is 6. The summed E-state index contributed by atoms with van der Waals surface area (Å²) in [6, 6.07) is 1.55. The van der Waals surface area contributed by atoms with Crippen LogP contribution in [0.3, 0.4) is 0 Å². The van der Waals surface area contributed by atoms with Crippen molar-refractivity contribution in [1.29, 1.82) is 0 Å². The zero-order chi connectivity index (χ0) is 15.7. The molecule has 0 atom stereocenters. The Kier molecular flexibility index (Phi) is 3.61. The predicted molar refractivity (Wildman–Crippen MR) is 67.4 cm³/mol. The van der Waals surface area contributed by atoms with Gasteiger partial charge >= 0.3 is 5.69 Å². The molecular weight excluding hydrogens is 291 g/mol. The topological polar surface area (TPSA) is 107 Å². The summed E-state index contributed by atoms with van der Waals surface area (Å²) in [5.74, 6) is -5.33. The van der Waals surface area contributed by atoms with Gasteiger partial charge in [-0.05, 0) is 19.1 Å². The highest BCUT2D eigenvalue weighted by Gasteiger charge is 2.23. The van der Waals surface area contributed by atoms with Crippen LogP contribution in [-0.4, -0.2) is 14.9 Å². The first-order chi connectivity index (χ1) is 9.81. The molecule has 21 heavy (non-hydrogen) atoms. The molecule has 0 spiro atoms. The molecule has 0 saturated carbocycles. The Morgan fingerprint density at radius 1 is 1.24 bits per heavy atom. The fourth-order valence-electron chi connectivity index (χ4n) is 1.64. The van der Waals surface area contributed by atoms with Gasteiger partial charge in [-0.2, -0.15) is 4.98 Å². The van der Waals surface area contributed by atoms with Gasteiger partial charge in [-0.3, -0.25) is 10.1 Å². The number of nitro groups is 1. The van der Waals surface area contributed by atoms with Crippen molar-refractivity contribution in [2.75, 3.05) is 11.1 Å². The third kappa shape index (κ3) is 2.68. The summed E-state index contributed by atoms with van der Waals surface area (Å²) in [6.45, 7) is 1.31. The minimum atomic E-state index is -1.71. The van der Waals surface area contributed by atoms with Gasteiger partial charge in [-0.15, -0.1) is 0 Å². The molecule has 0 fully saturated rings. The quantitative estimate of drug-likeness (QED) is 0.512. The van der Waals surface area contributed by atoms with Crippen LogP contribution in [0.5, 0.6) is 0 Å². The van der Waals surface area contributed by atoms with E-state index in [1.54, 1.807) is 0 Å². The average Bonchev–Trinajstić information content (AvgIpc) is 2.38. The van der Waals surface area contributed by atoms with E-state index in [4.69, 9.17) is 5.73 Å². The van der Waals surface area contributed by atoms with Gasteiger partial charge in [-0.1, -0.05) is 0 Å². The number of nitrogens with two attached hydrogens (primary N) is 1. The minimum Gasteiger partial charge on any atom is -0.368 e. The lowest BCUT2D eigenvalue weighted by molar-refractivity contribution is -0.385. The molecular formula is C11H8F3N5O2. The van der Waals surface area contributed by atoms with Crippen molar-refractivity contribution in [2.24, 2.45) is 0 Å². The van der Waals surface area contributed by atoms with E-state index in [0.717, 1.165) is 6.07 Å². The normalized spacial score (nSPS) is 10.5. The Labute approximate surface area is 115 Å². The molecule has 2 rings (SSSR count). The molecule has 2 aromatic rings. The van der Waals surface area contributed by atoms with Crippen molar-refractivity contribution in [3.63, 3.8) is 0 Å². The fourth-order valence-corrected chi connectivity index (χ4v) is 1.64. The van der Waals surface area contributed by atoms with Gasteiger partial charge in [0.25, 0.3) is 0 Å². The highest BCUT2D eigenvalue weighted by atomic mass is 19.2. The second kappa shape index (κ2) is 5.23. The lowest BCUT2D eigenvalue weighted by Crippen LogP contribution is -2.08. The summed E-state index contributed by atoms with van der Waals surface area (Å²) in [7, 11) is 0. The molecule has 10 heteroatoms. The zero-order valence-electron chi connectivity index (χ0n) is 10.5. The van der Waals surface area contributed by atoms with E-state index in [9.17, 15) is 23.3 Å². The molecule has 0 aliphatic rings. The number of aromatic nitrogens is 2. The van der Waals surface area contributed by atoms with Crippen molar-refractivity contribution in [1.82, 2.24) is 9.97 Å². The largest absolute Gasteiger partial charge is 0.368 e. The second-order valence-electron chi connectivity index (χ2n) is 3.97. The van der Waals surface area contributed by atoms with E-state index >= 15 is 0 Å². The molecule has 1 heterocycles. The molecule has 0 bridgehead atoms. The number of halogens is 3. The van der Waals surface area contributed by atoms with Gasteiger partial charge in [0.2, 0.25) is 11.8 Å². The van der Waals surface area contributed by atoms with Gasteiger partial charge < -0.3 is 11.1 Å². The number of benzene rings is 1. The summed E-state index contributed by atoms with van der Waals surface area (Å²) >= 11 is 0. The Morgan fingerprint density at radius 2 is 1.90 bits per heavy atom. The Balaban J connectivity index is 2.54. The van der Waals surface area contributed by atoms with Gasteiger partial charge in [0.1, 0.15) is 5.69 Å². The third-order valence-corrected chi connectivity index (χ3v) is 2.55. The first-order valence-electron chi connectivity index (χ1n) is 5.50. The Bertz CT molecular complexity index is 738. The maximum absolute atomic E-state index is 13.6. The highest BCUT2D eigenvalue weighted by Crippen LogP contribution is 2.30. The first-order valence-corrected chi connectivity index (χ1v) is 5.50. The van der Waals surface area contributed by atoms with E-state index in [1.807, 2.05) is 0 Å². The van der Waals surface area contributed by atoms with Crippen LogP contribution in [0, 0.1) is 34.5 Å². The Hall–Kier alpha value is -2.91. The van der Waals surface area contributed by atoms with Crippen LogP contribution < -0.4 is 11.1 Å². The number of nitrogen functional groups attached to an aromatic ring is 1. The van der Waals surface area contributed by atoms with Crippen molar-refractivity contribution in [3.8, 4) is 0 Å². The molecule has 110 valence electrons. The summed E-state index contributed by atoms with van der Waals surface area (Å²) in [5, 5.41) is 13.2. The maximum atomic E-state index is 13.6. The number of anilines is 3. The first kappa shape index (κ1) is 14.5. The minimum absolute atomic E-state index is 0.0574. The monoisotopic (exact) mass is 299 g/mol. The standard InChI is InChI=1S/C11H8F3N5O2/c1-4-9(19(20)21)10(18-11(15)16-4)17-6-3-2-5(12)7(13)8(6)14/h2-3H,1H3,(H3,15,16,17,18). The van der Waals surface area contributed by atoms with E-state index in [0.29, 0.717) is 6.07 Å². The van der Waals surface area contributed by atoms with Crippen LogP contribution in [-0.2, 0) is 0 Å². The molecule has 0 unspecified atom stereocenters. The molecule has 1 aromatic carbocycles. The molecule has 0 aliphatic carbocycles. The number of nitrogens with one attached hydrogen (secondary N) is 1. The van der Waals surface area contributed by atoms with Crippen LogP contribution in [0.2, 0.25) is 0 Å². The highest BCUT2D eigenvalue weighted by molar-refractivity contribution is 5.68. The van der Waals surface area contributed by atoms with Crippen LogP contribution in [0.15, 0.2) is 12.1 Å². The Morgan fingerprint density at radius 3 is 2.52 bits per heavy atom. The number of aryl methyl sites for hydroxylation is 1. The maximum Gasteiger partial charge on any atom is 0.332 e. The van der Waals surface area contributed by atoms with Gasteiger partial charge in [-0.25, -0.2) is 18.2 Å². The number of hydrogen-bond donors (Lipinski definition) is 2. The molecule has 3 N–H and O–H groups in total. The van der Waals surface area contributed by atoms with Crippen LogP contribution in [0.4, 0.5) is 36.3 Å². The average molecular weight is 299 g/mol. The number of nitrogens with zero attached hydrogens (tertiary/aromatic N) is 3. The second-order valence-corrected chi connectivity index (χ2v) is 3.97. The van der Waals surface area contributed by atoms with E-state index < -0.39 is 39.6 Å². The van der Waals surface area contributed by atoms with E-state index in [-0.39, 0.29) is 11.6 Å². The van der Waals surface area contributed by atoms with Crippen molar-refractivity contribution in [2.45, 2.75) is 6.92 Å². The summed E-state index contributed by atoms with van der Waals surface area (Å²) in [5.41, 5.74) is 4.24. The van der Waals surface area contributed by atoms with Crippen molar-refractivity contribution in [3.05, 3.63) is 45.4 Å². The lowest BCUT2D eigenvalue weighted by atomic mass is 10.2. The molecule has 1 aromatic heterocycles. The molecule has 0 aliphatic heterocycles. The fraction of sp³-hybridized carbons (Fsp3) is 0.0909. The molecule has 0 saturated heterocycles. The summed E-state index contributed by atoms with van der Waals surface area (Å²) < 4.78 is 39.5. The summed E-state index contributed by atoms with van der Waals surface area (Å²) in [6.07, 6.45) is 0. The van der Waals surface area contributed by atoms with Crippen molar-refractivity contribution < 1.29 is 18.1 Å². The van der Waals surface area contributed by atoms with Gasteiger partial charge in [0.15, 0.2) is 17.5 Å². The van der Waals surface area contributed by atoms with Crippen LogP contribution in [0.25, 0.3) is 0 Å². The summed E-state index contributed by atoms with van der Waals surface area (Å²) in [4.78, 5) is 17.4. The smallest absolute Gasteiger partial charge is 0.332 e. The third-order valence-electron chi connectivity index (χ3n) is 2.55. The van der Waals surface area contributed by atoms with Crippen molar-refractivity contribution >= 4 is 23.1 Å². The van der Waals surface area contributed by atoms with Gasteiger partial charge in [0.05, 0.1) is 10.6 Å². The zero-order valence-corrected chi connectivity index (χ0v) is 10.5. The van der Waals surface area contributed by atoms with E-state index in [1.165, 1.54) is 6.92 Å². The molecule has 0 radical (unpaired) electrons. The molecule has 7 nitrogen and oxygen atoms in total. The number of rotatable bonds is 3. The van der Waals surface area contributed by atoms with E-state index in [2.05, 4.69) is 15.3 Å². The van der Waals surface area contributed by atoms with Crippen LogP contribution in [0.1, 0.15) is 5.69 Å². The SMILES string of the molecule is Cc1nc(N)nc(Nc2ccc(F)c(F)c2F)c1[N+](=O)[O-]. The predicted octanol–water partition coefficient (Wildman–Crippen LogP) is 2.44. The lowest BCUT2D eigenvalue weighted by Gasteiger charge is -2.09. The van der Waals surface area contributed by atoms with Crippen LogP contribution >= 0.6 is 0 Å². The van der Waals surface area contributed by atoms with Gasteiger partial charge in [0, 0.05) is 0 Å².